The minimum atomic E-state index is -1.63. The first-order chi connectivity index (χ1) is 6.58. The molecule has 0 rings (SSSR count). The lowest BCUT2D eigenvalue weighted by Crippen LogP contribution is -2.25. The Morgan fingerprint density at radius 2 is 1.80 bits per heavy atom. The van der Waals surface area contributed by atoms with E-state index in [1.807, 2.05) is 13.8 Å². The molecule has 0 unspecified atom stereocenters. The van der Waals surface area contributed by atoms with E-state index < -0.39 is 8.32 Å². The third-order valence-corrected chi connectivity index (χ3v) is 3.11. The van der Waals surface area contributed by atoms with Crippen molar-refractivity contribution in [3.05, 3.63) is 11.8 Å². The van der Waals surface area contributed by atoms with E-state index in [1.54, 1.807) is 6.26 Å². The number of esters is 1. The normalized spacial score (nSPS) is 13.9. The van der Waals surface area contributed by atoms with Crippen molar-refractivity contribution in [2.45, 2.75) is 38.5 Å². The lowest BCUT2D eigenvalue weighted by molar-refractivity contribution is -0.136. The van der Waals surface area contributed by atoms with Gasteiger partial charge in [-0.3, -0.25) is 0 Å². The molecule has 88 valence electrons. The van der Waals surface area contributed by atoms with Gasteiger partial charge in [-0.15, -0.1) is 0 Å². The van der Waals surface area contributed by atoms with Crippen LogP contribution in [0.3, 0.4) is 0 Å². The summed E-state index contributed by atoms with van der Waals surface area (Å²) in [6.45, 7) is 10.3. The highest BCUT2D eigenvalue weighted by atomic mass is 28.4. The molecule has 15 heavy (non-hydrogen) atoms. The number of hydrogen-bond acceptors (Lipinski definition) is 3. The molecule has 0 N–H and O–H groups in total. The van der Waals surface area contributed by atoms with Gasteiger partial charge in [-0.1, -0.05) is 13.8 Å². The number of rotatable bonds is 4. The fraction of sp³-hybridized carbons (Fsp3) is 0.700. The average molecular weight is 246 g/mol. The zero-order valence-corrected chi connectivity index (χ0v) is 13.8. The molecule has 5 heteroatoms. The van der Waals surface area contributed by atoms with Gasteiger partial charge in [0.1, 0.15) is 0 Å². The average Bonchev–Trinajstić information content (AvgIpc) is 1.99. The van der Waals surface area contributed by atoms with Crippen molar-refractivity contribution in [1.29, 1.82) is 0 Å². The molecule has 0 aromatic heterocycles. The quantitative estimate of drug-likeness (QED) is 0.326. The predicted octanol–water partition coefficient (Wildman–Crippen LogP) is 1.46. The highest BCUT2D eigenvalue weighted by Gasteiger charge is 2.26. The summed E-state index contributed by atoms with van der Waals surface area (Å²) in [7, 11) is 0.656. The van der Waals surface area contributed by atoms with Gasteiger partial charge in [0, 0.05) is 10.2 Å². The summed E-state index contributed by atoms with van der Waals surface area (Å²) in [4.78, 5) is 11.5. The fourth-order valence-electron chi connectivity index (χ4n) is 0.877. The molecule has 0 aliphatic heterocycles. The van der Waals surface area contributed by atoms with E-state index in [1.165, 1.54) is 7.11 Å². The lowest BCUT2D eigenvalue weighted by Gasteiger charge is -2.23. The highest BCUT2D eigenvalue weighted by Crippen LogP contribution is 2.31. The predicted molar refractivity (Wildman–Crippen MR) is 68.5 cm³/mol. The lowest BCUT2D eigenvalue weighted by atomic mass is 10.0. The second-order valence-corrected chi connectivity index (χ2v) is 12.5. The van der Waals surface area contributed by atoms with Crippen molar-refractivity contribution in [3.8, 4) is 0 Å². The van der Waals surface area contributed by atoms with Gasteiger partial charge in [0.2, 0.25) is 8.32 Å². The van der Waals surface area contributed by atoms with Crippen LogP contribution in [-0.4, -0.2) is 31.6 Å². The van der Waals surface area contributed by atoms with Crippen molar-refractivity contribution in [3.63, 3.8) is 0 Å². The number of hydrogen-bond donors (Lipinski definition) is 0. The van der Waals surface area contributed by atoms with E-state index in [2.05, 4.69) is 19.6 Å². The maximum absolute atomic E-state index is 11.5. The number of carbonyl (C=O) groups excluding carboxylic acids is 1. The smallest absolute Gasteiger partial charge is 0.336 e. The summed E-state index contributed by atoms with van der Waals surface area (Å²) in [5, 5.41) is -0.118. The first kappa shape index (κ1) is 14.4. The Morgan fingerprint density at radius 1 is 1.33 bits per heavy atom. The number of methoxy groups -OCH3 is 1. The van der Waals surface area contributed by atoms with Crippen LogP contribution in [0.2, 0.25) is 24.7 Å². The van der Waals surface area contributed by atoms with Crippen molar-refractivity contribution >= 4 is 24.5 Å². The Labute approximate surface area is 96.4 Å². The van der Waals surface area contributed by atoms with Gasteiger partial charge in [0.15, 0.2) is 0 Å². The maximum atomic E-state index is 11.5. The molecule has 0 atom stereocenters. The van der Waals surface area contributed by atoms with Crippen LogP contribution in [0, 0.1) is 0 Å². The first-order valence-electron chi connectivity index (χ1n) is 5.04. The molecule has 0 aliphatic carbocycles. The van der Waals surface area contributed by atoms with Crippen LogP contribution in [0.4, 0.5) is 0 Å². The van der Waals surface area contributed by atoms with E-state index in [0.717, 1.165) is 10.2 Å². The van der Waals surface area contributed by atoms with Gasteiger partial charge in [-0.25, -0.2) is 4.79 Å². The van der Waals surface area contributed by atoms with E-state index >= 15 is 0 Å². The van der Waals surface area contributed by atoms with Crippen molar-refractivity contribution in [2.24, 2.45) is 0 Å². The summed E-state index contributed by atoms with van der Waals surface area (Å²) in [5.74, 6) is -0.284. The molecule has 0 aliphatic rings. The summed E-state index contributed by atoms with van der Waals surface area (Å²) in [6.07, 6.45) is 1.60. The van der Waals surface area contributed by atoms with E-state index in [0.29, 0.717) is 5.57 Å². The van der Waals surface area contributed by atoms with Crippen molar-refractivity contribution in [2.75, 3.05) is 7.11 Å². The molecule has 0 saturated carbocycles. The molecule has 0 amide bonds. The Balaban J connectivity index is 4.89. The van der Waals surface area contributed by atoms with Gasteiger partial charge < -0.3 is 9.16 Å². The molecule has 0 bridgehead atoms. The van der Waals surface area contributed by atoms with Gasteiger partial charge in [0.25, 0.3) is 0 Å². The van der Waals surface area contributed by atoms with Crippen LogP contribution >= 0.6 is 0 Å². The molecule has 0 spiro atoms. The van der Waals surface area contributed by atoms with Gasteiger partial charge in [0.05, 0.1) is 18.9 Å². The standard InChI is InChI=1S/C10H22O3Si2/c1-10(2,14)8(9(11)12-3)7-13-15(4,5)6/h7H,1-6,14H3. The first-order valence-corrected chi connectivity index (χ1v) is 9.45. The monoisotopic (exact) mass is 246 g/mol. The second kappa shape index (κ2) is 4.98. The van der Waals surface area contributed by atoms with Gasteiger partial charge in [-0.2, -0.15) is 0 Å². The SMILES string of the molecule is COC(=O)C(=CO[Si](C)(C)C)C(C)(C)[SiH3]. The number of ether oxygens (including phenoxy) is 1. The summed E-state index contributed by atoms with van der Waals surface area (Å²) in [5.41, 5.74) is 0.638. The van der Waals surface area contributed by atoms with Gasteiger partial charge in [-0.05, 0) is 24.7 Å². The Bertz CT molecular complexity index is 259. The molecule has 3 nitrogen and oxygen atoms in total. The van der Waals surface area contributed by atoms with Crippen LogP contribution < -0.4 is 0 Å². The third kappa shape index (κ3) is 5.79. The summed E-state index contributed by atoms with van der Waals surface area (Å²) >= 11 is 0. The third-order valence-electron chi connectivity index (χ3n) is 1.74. The fourth-order valence-corrected chi connectivity index (χ4v) is 1.67. The minimum Gasteiger partial charge on any atom is -0.549 e. The van der Waals surface area contributed by atoms with Gasteiger partial charge >= 0.3 is 5.97 Å². The molecule has 0 fully saturated rings. The zero-order chi connectivity index (χ0) is 12.3. The Kier molecular flexibility index (Phi) is 4.80. The molecule has 0 heterocycles. The topological polar surface area (TPSA) is 35.5 Å². The van der Waals surface area contributed by atoms with E-state index in [4.69, 9.17) is 9.16 Å². The largest absolute Gasteiger partial charge is 0.549 e. The molecular weight excluding hydrogens is 224 g/mol. The van der Waals surface area contributed by atoms with Crippen LogP contribution in [0.5, 0.6) is 0 Å². The van der Waals surface area contributed by atoms with Crippen LogP contribution in [0.25, 0.3) is 0 Å². The molecule has 0 aromatic carbocycles. The molecular formula is C10H22O3Si2. The van der Waals surface area contributed by atoms with E-state index in [-0.39, 0.29) is 11.0 Å². The Hall–Kier alpha value is -0.556. The summed E-state index contributed by atoms with van der Waals surface area (Å²) in [6, 6.07) is 0. The molecule has 0 saturated heterocycles. The Morgan fingerprint density at radius 3 is 2.07 bits per heavy atom. The van der Waals surface area contributed by atoms with Crippen LogP contribution in [-0.2, 0) is 14.0 Å². The van der Waals surface area contributed by atoms with E-state index in [9.17, 15) is 4.79 Å². The second-order valence-electron chi connectivity index (χ2n) is 5.50. The van der Waals surface area contributed by atoms with Crippen molar-refractivity contribution < 1.29 is 14.0 Å². The number of carbonyl (C=O) groups is 1. The molecule has 0 aromatic rings. The van der Waals surface area contributed by atoms with Crippen LogP contribution in [0.15, 0.2) is 11.8 Å². The maximum Gasteiger partial charge on any atom is 0.336 e. The zero-order valence-electron chi connectivity index (χ0n) is 10.8. The van der Waals surface area contributed by atoms with Crippen LogP contribution in [0.1, 0.15) is 13.8 Å². The van der Waals surface area contributed by atoms with Crippen molar-refractivity contribution in [1.82, 2.24) is 0 Å². The highest BCUT2D eigenvalue weighted by molar-refractivity contribution is 6.69. The summed E-state index contributed by atoms with van der Waals surface area (Å²) < 4.78 is 10.4. The molecule has 0 radical (unpaired) electrons. The minimum absolute atomic E-state index is 0.118.